The molecule has 122 valence electrons. The fourth-order valence-electron chi connectivity index (χ4n) is 2.20. The van der Waals surface area contributed by atoms with Crippen LogP contribution in [0.15, 0.2) is 60.0 Å². The van der Waals surface area contributed by atoms with Gasteiger partial charge in [0, 0.05) is 23.2 Å². The van der Waals surface area contributed by atoms with E-state index in [2.05, 4.69) is 15.2 Å². The van der Waals surface area contributed by atoms with Gasteiger partial charge in [-0.25, -0.2) is 0 Å². The largest absolute Gasteiger partial charge is 0.549 e. The highest BCUT2D eigenvalue weighted by atomic mass is 32.2. The molecule has 2 aromatic heterocycles. The molecule has 0 fully saturated rings. The zero-order valence-electron chi connectivity index (χ0n) is 13.0. The topological polar surface area (TPSA) is 83.7 Å². The number of hydrogen-bond acceptors (Lipinski definition) is 6. The molecule has 7 heteroatoms. The minimum Gasteiger partial charge on any atom is -0.549 e. The van der Waals surface area contributed by atoms with E-state index in [1.807, 2.05) is 47.0 Å². The van der Waals surface area contributed by atoms with Crippen molar-refractivity contribution in [3.05, 3.63) is 60.4 Å². The normalized spacial score (nSPS) is 12.0. The van der Waals surface area contributed by atoms with Crippen LogP contribution in [0.25, 0.3) is 11.4 Å². The fraction of sp³-hybridized carbons (Fsp3) is 0.176. The lowest BCUT2D eigenvalue weighted by Gasteiger charge is -2.14. The van der Waals surface area contributed by atoms with Gasteiger partial charge in [0.1, 0.15) is 0 Å². The number of nitrogens with zero attached hydrogens (tertiary/aromatic N) is 4. The van der Waals surface area contributed by atoms with E-state index in [0.717, 1.165) is 22.9 Å². The van der Waals surface area contributed by atoms with E-state index in [4.69, 9.17) is 0 Å². The number of hydrogen-bond donors (Lipinski definition) is 0. The van der Waals surface area contributed by atoms with Crippen LogP contribution in [0.5, 0.6) is 0 Å². The van der Waals surface area contributed by atoms with Crippen molar-refractivity contribution in [2.24, 2.45) is 0 Å². The predicted octanol–water partition coefficient (Wildman–Crippen LogP) is 1.62. The Morgan fingerprint density at radius 3 is 2.67 bits per heavy atom. The van der Waals surface area contributed by atoms with E-state index in [9.17, 15) is 9.90 Å². The lowest BCUT2D eigenvalue weighted by atomic mass is 10.2. The van der Waals surface area contributed by atoms with Crippen molar-refractivity contribution in [3.8, 4) is 11.4 Å². The Morgan fingerprint density at radius 1 is 1.21 bits per heavy atom. The third-order valence-electron chi connectivity index (χ3n) is 3.43. The van der Waals surface area contributed by atoms with Crippen LogP contribution >= 0.6 is 11.8 Å². The number of aliphatic carboxylic acids is 1. The highest BCUT2D eigenvalue weighted by Crippen LogP contribution is 2.27. The van der Waals surface area contributed by atoms with Gasteiger partial charge in [0.05, 0.1) is 12.5 Å². The molecule has 0 unspecified atom stereocenters. The minimum atomic E-state index is -1.13. The first-order chi connectivity index (χ1) is 11.6. The van der Waals surface area contributed by atoms with Gasteiger partial charge in [0.2, 0.25) is 0 Å². The average Bonchev–Trinajstić information content (AvgIpc) is 2.99. The second-order valence-corrected chi connectivity index (χ2v) is 6.51. The van der Waals surface area contributed by atoms with Crippen molar-refractivity contribution in [2.45, 2.75) is 23.9 Å². The van der Waals surface area contributed by atoms with Gasteiger partial charge in [0.25, 0.3) is 0 Å². The number of carboxylic acids is 1. The molecule has 1 atom stereocenters. The van der Waals surface area contributed by atoms with Gasteiger partial charge in [-0.1, -0.05) is 42.1 Å². The molecule has 6 nitrogen and oxygen atoms in total. The lowest BCUT2D eigenvalue weighted by Crippen LogP contribution is -2.31. The summed E-state index contributed by atoms with van der Waals surface area (Å²) in [7, 11) is 0. The van der Waals surface area contributed by atoms with Crippen molar-refractivity contribution < 1.29 is 9.90 Å². The van der Waals surface area contributed by atoms with E-state index in [0.29, 0.717) is 17.5 Å². The zero-order chi connectivity index (χ0) is 16.9. The number of thioether (sulfide) groups is 1. The number of carboxylic acid groups (broad SMARTS) is 1. The van der Waals surface area contributed by atoms with Gasteiger partial charge in [-0.3, -0.25) is 9.55 Å². The predicted molar refractivity (Wildman–Crippen MR) is 89.1 cm³/mol. The van der Waals surface area contributed by atoms with E-state index in [1.54, 1.807) is 19.3 Å². The van der Waals surface area contributed by atoms with Gasteiger partial charge < -0.3 is 9.90 Å². The maximum Gasteiger partial charge on any atom is 0.192 e. The standard InChI is InChI=1S/C17H16N4O2S/c1-12(16(22)23)24-17-20-19-15(14-8-5-9-18-10-14)21(17)11-13-6-3-2-4-7-13/h2-10,12H,11H2,1H3,(H,22,23)/p-1/t12-/m0/s1. The summed E-state index contributed by atoms with van der Waals surface area (Å²) in [6, 6.07) is 13.6. The lowest BCUT2D eigenvalue weighted by molar-refractivity contribution is -0.304. The van der Waals surface area contributed by atoms with Crippen LogP contribution < -0.4 is 5.11 Å². The van der Waals surface area contributed by atoms with Crippen LogP contribution in [0.4, 0.5) is 0 Å². The van der Waals surface area contributed by atoms with Gasteiger partial charge in [-0.05, 0) is 24.6 Å². The van der Waals surface area contributed by atoms with Crippen LogP contribution in [0.1, 0.15) is 12.5 Å². The SMILES string of the molecule is C[C@H](Sc1nnc(-c2cccnc2)n1Cc1ccccc1)C(=O)[O-]. The first-order valence-corrected chi connectivity index (χ1v) is 8.28. The maximum atomic E-state index is 11.1. The molecular formula is C17H15N4O2S-. The molecule has 0 spiro atoms. The molecule has 2 heterocycles. The molecule has 0 radical (unpaired) electrons. The number of carbonyl (C=O) groups is 1. The van der Waals surface area contributed by atoms with Crippen LogP contribution in [0.3, 0.4) is 0 Å². The molecule has 3 rings (SSSR count). The molecule has 0 saturated carbocycles. The molecule has 0 aliphatic carbocycles. The van der Waals surface area contributed by atoms with E-state index in [1.165, 1.54) is 0 Å². The number of carbonyl (C=O) groups excluding carboxylic acids is 1. The third-order valence-corrected chi connectivity index (χ3v) is 4.49. The van der Waals surface area contributed by atoms with Gasteiger partial charge in [-0.15, -0.1) is 10.2 Å². The van der Waals surface area contributed by atoms with Crippen LogP contribution in [0, 0.1) is 0 Å². The Hall–Kier alpha value is -2.67. The summed E-state index contributed by atoms with van der Waals surface area (Å²) in [6.45, 7) is 2.12. The van der Waals surface area contributed by atoms with Crippen LogP contribution in [-0.2, 0) is 11.3 Å². The monoisotopic (exact) mass is 339 g/mol. The highest BCUT2D eigenvalue weighted by molar-refractivity contribution is 8.00. The molecule has 0 amide bonds. The molecule has 1 aromatic carbocycles. The van der Waals surface area contributed by atoms with E-state index >= 15 is 0 Å². The third kappa shape index (κ3) is 3.62. The van der Waals surface area contributed by atoms with Crippen molar-refractivity contribution in [2.75, 3.05) is 0 Å². The second kappa shape index (κ2) is 7.27. The quantitative estimate of drug-likeness (QED) is 0.635. The first-order valence-electron chi connectivity index (χ1n) is 7.40. The smallest absolute Gasteiger partial charge is 0.192 e. The number of aromatic nitrogens is 4. The van der Waals surface area contributed by atoms with E-state index in [-0.39, 0.29) is 0 Å². The average molecular weight is 339 g/mol. The molecule has 0 aliphatic rings. The molecule has 0 aliphatic heterocycles. The van der Waals surface area contributed by atoms with Gasteiger partial charge in [-0.2, -0.15) is 0 Å². The first kappa shape index (κ1) is 16.2. The Morgan fingerprint density at radius 2 is 2.00 bits per heavy atom. The summed E-state index contributed by atoms with van der Waals surface area (Å²) in [5, 5.41) is 19.3. The Bertz CT molecular complexity index is 821. The van der Waals surface area contributed by atoms with Crippen molar-refractivity contribution >= 4 is 17.7 Å². The Kier molecular flexibility index (Phi) is 4.90. The Balaban J connectivity index is 2.00. The minimum absolute atomic E-state index is 0.536. The van der Waals surface area contributed by atoms with E-state index < -0.39 is 11.2 Å². The fourth-order valence-corrected chi connectivity index (χ4v) is 2.98. The molecule has 0 saturated heterocycles. The summed E-state index contributed by atoms with van der Waals surface area (Å²) in [5.74, 6) is -0.475. The summed E-state index contributed by atoms with van der Waals surface area (Å²) < 4.78 is 1.90. The second-order valence-electron chi connectivity index (χ2n) is 5.20. The number of benzene rings is 1. The Labute approximate surface area is 143 Å². The van der Waals surface area contributed by atoms with Crippen LogP contribution in [0.2, 0.25) is 0 Å². The molecular weight excluding hydrogens is 324 g/mol. The molecule has 0 bridgehead atoms. The summed E-state index contributed by atoms with van der Waals surface area (Å²) in [5.41, 5.74) is 1.90. The zero-order valence-corrected chi connectivity index (χ0v) is 13.8. The van der Waals surface area contributed by atoms with Crippen molar-refractivity contribution in [1.82, 2.24) is 19.7 Å². The number of pyridine rings is 1. The molecule has 24 heavy (non-hydrogen) atoms. The summed E-state index contributed by atoms with van der Waals surface area (Å²) in [4.78, 5) is 15.2. The molecule has 3 aromatic rings. The van der Waals surface area contributed by atoms with Gasteiger partial charge >= 0.3 is 0 Å². The van der Waals surface area contributed by atoms with Gasteiger partial charge in [0.15, 0.2) is 11.0 Å². The number of rotatable bonds is 6. The van der Waals surface area contributed by atoms with Crippen molar-refractivity contribution in [3.63, 3.8) is 0 Å². The van der Waals surface area contributed by atoms with Crippen LogP contribution in [-0.4, -0.2) is 31.0 Å². The molecule has 0 N–H and O–H groups in total. The summed E-state index contributed by atoms with van der Waals surface area (Å²) in [6.07, 6.45) is 3.40. The summed E-state index contributed by atoms with van der Waals surface area (Å²) >= 11 is 1.12. The highest BCUT2D eigenvalue weighted by Gasteiger charge is 2.17. The van der Waals surface area contributed by atoms with Crippen molar-refractivity contribution in [1.29, 1.82) is 0 Å². The maximum absolute atomic E-state index is 11.1.